The van der Waals surface area contributed by atoms with Crippen molar-refractivity contribution in [3.05, 3.63) is 18.2 Å². The Hall–Kier alpha value is -3.54. The Morgan fingerprint density at radius 3 is 1.65 bits per heavy atom. The first kappa shape index (κ1) is 26.7. The summed E-state index contributed by atoms with van der Waals surface area (Å²) in [5.74, 6) is -1.81. The van der Waals surface area contributed by atoms with Gasteiger partial charge in [-0.05, 0) is 0 Å². The molecule has 5 unspecified atom stereocenters. The van der Waals surface area contributed by atoms with Crippen molar-refractivity contribution in [2.24, 2.45) is 0 Å². The van der Waals surface area contributed by atoms with E-state index in [9.17, 15) is 19.2 Å². The van der Waals surface area contributed by atoms with Crippen LogP contribution in [0.2, 0.25) is 0 Å². The summed E-state index contributed by atoms with van der Waals surface area (Å²) in [7, 11) is 2.90. The van der Waals surface area contributed by atoms with Gasteiger partial charge in [0.25, 0.3) is 0 Å². The van der Waals surface area contributed by atoms with Gasteiger partial charge in [0.2, 0.25) is 12.4 Å². The predicted octanol–water partition coefficient (Wildman–Crippen LogP) is 1.17. The van der Waals surface area contributed by atoms with Gasteiger partial charge < -0.3 is 37.9 Å². The number of esters is 4. The molecule has 1 fully saturated rings. The van der Waals surface area contributed by atoms with Crippen molar-refractivity contribution in [2.45, 2.75) is 58.4 Å². The molecular formula is C22H28O12. The van der Waals surface area contributed by atoms with E-state index in [4.69, 9.17) is 37.9 Å². The number of methoxy groups -OCH3 is 2. The predicted molar refractivity (Wildman–Crippen MR) is 112 cm³/mol. The van der Waals surface area contributed by atoms with Crippen molar-refractivity contribution < 1.29 is 57.1 Å². The van der Waals surface area contributed by atoms with Crippen LogP contribution in [0, 0.1) is 0 Å². The van der Waals surface area contributed by atoms with Crippen molar-refractivity contribution in [3.8, 4) is 17.2 Å². The number of rotatable bonds is 9. The average molecular weight is 484 g/mol. The topological polar surface area (TPSA) is 142 Å². The molecule has 0 bridgehead atoms. The molecule has 188 valence electrons. The zero-order valence-electron chi connectivity index (χ0n) is 19.7. The van der Waals surface area contributed by atoms with Gasteiger partial charge in [-0.25, -0.2) is 0 Å². The van der Waals surface area contributed by atoms with Gasteiger partial charge in [0.15, 0.2) is 12.2 Å². The molecule has 1 aliphatic rings. The lowest BCUT2D eigenvalue weighted by molar-refractivity contribution is -0.288. The molecule has 0 N–H and O–H groups in total. The van der Waals surface area contributed by atoms with Crippen LogP contribution in [0.1, 0.15) is 27.7 Å². The largest absolute Gasteiger partial charge is 0.496 e. The molecule has 1 aromatic carbocycles. The summed E-state index contributed by atoms with van der Waals surface area (Å²) in [5, 5.41) is 0. The van der Waals surface area contributed by atoms with E-state index in [1.807, 2.05) is 0 Å². The Morgan fingerprint density at radius 2 is 1.18 bits per heavy atom. The molecule has 0 aliphatic carbocycles. The summed E-state index contributed by atoms with van der Waals surface area (Å²) in [5.41, 5.74) is 0. The third-order valence-corrected chi connectivity index (χ3v) is 4.53. The monoisotopic (exact) mass is 484 g/mol. The molecule has 12 nitrogen and oxygen atoms in total. The van der Waals surface area contributed by atoms with Crippen molar-refractivity contribution >= 4 is 23.9 Å². The molecule has 0 radical (unpaired) electrons. The summed E-state index contributed by atoms with van der Waals surface area (Å²) in [4.78, 5) is 46.9. The fourth-order valence-electron chi connectivity index (χ4n) is 3.27. The van der Waals surface area contributed by atoms with E-state index in [0.29, 0.717) is 11.5 Å². The van der Waals surface area contributed by atoms with Crippen LogP contribution in [0.3, 0.4) is 0 Å². The summed E-state index contributed by atoms with van der Waals surface area (Å²) in [6.45, 7) is 4.24. The Labute approximate surface area is 196 Å². The number of hydrogen-bond donors (Lipinski definition) is 0. The first-order chi connectivity index (χ1) is 16.0. The average Bonchev–Trinajstić information content (AvgIpc) is 2.75. The second-order valence-electron chi connectivity index (χ2n) is 7.23. The van der Waals surface area contributed by atoms with Crippen molar-refractivity contribution in [1.29, 1.82) is 0 Å². The summed E-state index contributed by atoms with van der Waals surface area (Å²) in [6, 6.07) is 4.66. The lowest BCUT2D eigenvalue weighted by Crippen LogP contribution is -2.63. The highest BCUT2D eigenvalue weighted by Gasteiger charge is 2.53. The van der Waals surface area contributed by atoms with Crippen molar-refractivity contribution in [3.63, 3.8) is 0 Å². The smallest absolute Gasteiger partial charge is 0.303 e. The van der Waals surface area contributed by atoms with E-state index in [1.54, 1.807) is 6.07 Å². The lowest BCUT2D eigenvalue weighted by Gasteiger charge is -2.43. The highest BCUT2D eigenvalue weighted by atomic mass is 16.7. The molecule has 12 heteroatoms. The number of carbonyl (C=O) groups excluding carboxylic acids is 4. The summed E-state index contributed by atoms with van der Waals surface area (Å²) in [6.07, 6.45) is -6.45. The standard InChI is InChI=1S/C22H28O12/c1-11(23)29-10-18-19(30-12(2)24)20(31-13(3)25)21(32-14(4)26)22(34-18)33-17-8-15(27-5)7-16(9-17)28-6/h7-9,18-22H,10H2,1-6H3. The van der Waals surface area contributed by atoms with Crippen LogP contribution in [0.25, 0.3) is 0 Å². The summed E-state index contributed by atoms with van der Waals surface area (Å²) < 4.78 is 43.4. The third-order valence-electron chi connectivity index (χ3n) is 4.53. The minimum Gasteiger partial charge on any atom is -0.496 e. The van der Waals surface area contributed by atoms with Gasteiger partial charge >= 0.3 is 23.9 Å². The maximum Gasteiger partial charge on any atom is 0.303 e. The first-order valence-electron chi connectivity index (χ1n) is 10.2. The number of ether oxygens (including phenoxy) is 8. The SMILES string of the molecule is COc1cc(OC)cc(OC2OC(COC(C)=O)C(OC(C)=O)C(OC(C)=O)C2OC(C)=O)c1. The van der Waals surface area contributed by atoms with Crippen molar-refractivity contribution in [1.82, 2.24) is 0 Å². The third kappa shape index (κ3) is 7.51. The van der Waals surface area contributed by atoms with Gasteiger partial charge in [-0.3, -0.25) is 19.2 Å². The number of carbonyl (C=O) groups is 4. The van der Waals surface area contributed by atoms with Gasteiger partial charge in [0, 0.05) is 45.9 Å². The molecule has 0 saturated carbocycles. The second-order valence-corrected chi connectivity index (χ2v) is 7.23. The van der Waals surface area contributed by atoms with Crippen LogP contribution in [-0.4, -0.2) is 75.4 Å². The van der Waals surface area contributed by atoms with Crippen LogP contribution in [-0.2, 0) is 42.9 Å². The Kier molecular flexibility index (Phi) is 9.48. The first-order valence-corrected chi connectivity index (χ1v) is 10.2. The zero-order chi connectivity index (χ0) is 25.4. The highest BCUT2D eigenvalue weighted by Crippen LogP contribution is 2.33. The molecule has 5 atom stereocenters. The van der Waals surface area contributed by atoms with Crippen LogP contribution < -0.4 is 14.2 Å². The van der Waals surface area contributed by atoms with Gasteiger partial charge in [-0.1, -0.05) is 0 Å². The quantitative estimate of drug-likeness (QED) is 0.367. The fourth-order valence-corrected chi connectivity index (χ4v) is 3.27. The van der Waals surface area contributed by atoms with E-state index in [0.717, 1.165) is 20.8 Å². The van der Waals surface area contributed by atoms with E-state index in [-0.39, 0.29) is 12.4 Å². The van der Waals surface area contributed by atoms with E-state index in [1.165, 1.54) is 33.3 Å². The van der Waals surface area contributed by atoms with Crippen LogP contribution in [0.4, 0.5) is 0 Å². The molecule has 34 heavy (non-hydrogen) atoms. The molecule has 0 spiro atoms. The second kappa shape index (κ2) is 12.1. The fraction of sp³-hybridized carbons (Fsp3) is 0.545. The van der Waals surface area contributed by atoms with Crippen LogP contribution in [0.5, 0.6) is 17.2 Å². The Bertz CT molecular complexity index is 876. The maximum absolute atomic E-state index is 11.9. The molecule has 2 rings (SSSR count). The molecular weight excluding hydrogens is 456 g/mol. The molecule has 1 aromatic rings. The van der Waals surface area contributed by atoms with E-state index in [2.05, 4.69) is 0 Å². The zero-order valence-corrected chi connectivity index (χ0v) is 19.7. The maximum atomic E-state index is 11.9. The molecule has 0 amide bonds. The minimum atomic E-state index is -1.36. The highest BCUT2D eigenvalue weighted by molar-refractivity contribution is 5.68. The minimum absolute atomic E-state index is 0.206. The van der Waals surface area contributed by atoms with Gasteiger partial charge in [0.1, 0.15) is 30.0 Å². The van der Waals surface area contributed by atoms with Gasteiger partial charge in [-0.2, -0.15) is 0 Å². The molecule has 1 heterocycles. The van der Waals surface area contributed by atoms with E-state index < -0.39 is 54.6 Å². The van der Waals surface area contributed by atoms with Gasteiger partial charge in [-0.15, -0.1) is 0 Å². The molecule has 1 saturated heterocycles. The summed E-state index contributed by atoms with van der Waals surface area (Å²) >= 11 is 0. The van der Waals surface area contributed by atoms with Gasteiger partial charge in [0.05, 0.1) is 14.2 Å². The Balaban J connectivity index is 2.50. The Morgan fingerprint density at radius 1 is 0.706 bits per heavy atom. The number of benzene rings is 1. The normalized spacial score (nSPS) is 23.8. The molecule has 1 aliphatic heterocycles. The molecule has 0 aromatic heterocycles. The van der Waals surface area contributed by atoms with E-state index >= 15 is 0 Å². The van der Waals surface area contributed by atoms with Crippen LogP contribution >= 0.6 is 0 Å². The van der Waals surface area contributed by atoms with Crippen molar-refractivity contribution in [2.75, 3.05) is 20.8 Å². The van der Waals surface area contributed by atoms with Crippen LogP contribution in [0.15, 0.2) is 18.2 Å². The number of hydrogen-bond acceptors (Lipinski definition) is 12. The lowest BCUT2D eigenvalue weighted by atomic mass is 9.98.